The van der Waals surface area contributed by atoms with Crippen molar-refractivity contribution in [2.24, 2.45) is 0 Å². The number of alkyl halides is 3. The number of allylic oxidation sites excluding steroid dienone is 1. The van der Waals surface area contributed by atoms with Crippen molar-refractivity contribution in [3.05, 3.63) is 75.8 Å². The number of hydrogen-bond acceptors (Lipinski definition) is 3. The lowest BCUT2D eigenvalue weighted by molar-refractivity contribution is -0.137. The molecule has 0 saturated heterocycles. The predicted octanol–water partition coefficient (Wildman–Crippen LogP) is 7.06. The molecule has 0 saturated carbocycles. The number of nitrogens with zero attached hydrogens (tertiary/aromatic N) is 1. The number of hydrogen-bond donors (Lipinski definition) is 0. The number of aromatic nitrogens is 1. The summed E-state index contributed by atoms with van der Waals surface area (Å²) in [5.74, 6) is 0.773. The number of aryl methyl sites for hydroxylation is 2. The third-order valence-corrected chi connectivity index (χ3v) is 5.49. The molecular formula is C22H20F3NOS. The van der Waals surface area contributed by atoms with Crippen molar-refractivity contribution in [1.82, 2.24) is 4.98 Å². The molecule has 0 atom stereocenters. The van der Waals surface area contributed by atoms with Crippen molar-refractivity contribution in [1.29, 1.82) is 0 Å². The van der Waals surface area contributed by atoms with Crippen LogP contribution in [0.2, 0.25) is 0 Å². The third-order valence-electron chi connectivity index (χ3n) is 4.31. The van der Waals surface area contributed by atoms with Gasteiger partial charge >= 0.3 is 6.18 Å². The normalized spacial score (nSPS) is 11.9. The van der Waals surface area contributed by atoms with E-state index in [1.807, 2.05) is 51.1 Å². The smallest absolute Gasteiger partial charge is 0.416 e. The van der Waals surface area contributed by atoms with Crippen LogP contribution >= 0.6 is 11.3 Å². The van der Waals surface area contributed by atoms with Crippen LogP contribution in [0.4, 0.5) is 13.2 Å². The number of rotatable bonds is 5. The Kier molecular flexibility index (Phi) is 5.89. The number of ether oxygens (including phenoxy) is 1. The second-order valence-corrected chi connectivity index (χ2v) is 7.49. The Morgan fingerprint density at radius 1 is 1.07 bits per heavy atom. The van der Waals surface area contributed by atoms with E-state index in [9.17, 15) is 13.2 Å². The topological polar surface area (TPSA) is 22.1 Å². The molecule has 0 N–H and O–H groups in total. The van der Waals surface area contributed by atoms with E-state index in [4.69, 9.17) is 4.74 Å². The molecule has 0 aliphatic carbocycles. The molecule has 146 valence electrons. The van der Waals surface area contributed by atoms with E-state index in [0.29, 0.717) is 17.2 Å². The van der Waals surface area contributed by atoms with Gasteiger partial charge in [0, 0.05) is 5.56 Å². The van der Waals surface area contributed by atoms with Gasteiger partial charge in [0.2, 0.25) is 0 Å². The average molecular weight is 403 g/mol. The van der Waals surface area contributed by atoms with Crippen LogP contribution in [0, 0.1) is 13.8 Å². The molecule has 0 bridgehead atoms. The molecule has 1 heterocycles. The van der Waals surface area contributed by atoms with Crippen LogP contribution in [0.1, 0.15) is 34.2 Å². The van der Waals surface area contributed by atoms with Crippen LogP contribution in [-0.4, -0.2) is 4.98 Å². The zero-order valence-electron chi connectivity index (χ0n) is 15.8. The molecule has 3 aromatic rings. The standard InChI is InChI=1S/C22H20F3NOS/c1-4-5-16-8-11-19(12-14(16)2)27-13-20-15(3)26-21(28-20)17-6-9-18(10-7-17)22(23,24)25/h4-12H,13H2,1-3H3/b5-4+. The van der Waals surface area contributed by atoms with Crippen LogP contribution in [0.5, 0.6) is 5.75 Å². The van der Waals surface area contributed by atoms with Gasteiger partial charge < -0.3 is 4.74 Å². The van der Waals surface area contributed by atoms with Crippen molar-refractivity contribution in [3.8, 4) is 16.3 Å². The zero-order chi connectivity index (χ0) is 20.3. The minimum Gasteiger partial charge on any atom is -0.488 e. The highest BCUT2D eigenvalue weighted by Gasteiger charge is 2.30. The summed E-state index contributed by atoms with van der Waals surface area (Å²) < 4.78 is 44.0. The summed E-state index contributed by atoms with van der Waals surface area (Å²) in [7, 11) is 0. The monoisotopic (exact) mass is 403 g/mol. The summed E-state index contributed by atoms with van der Waals surface area (Å²) in [6.45, 7) is 6.25. The first-order valence-corrected chi connectivity index (χ1v) is 9.59. The minimum absolute atomic E-state index is 0.368. The fourth-order valence-corrected chi connectivity index (χ4v) is 3.72. The van der Waals surface area contributed by atoms with E-state index >= 15 is 0 Å². The summed E-state index contributed by atoms with van der Waals surface area (Å²) in [6, 6.07) is 11.0. The van der Waals surface area contributed by atoms with Gasteiger partial charge in [-0.2, -0.15) is 13.2 Å². The van der Waals surface area contributed by atoms with Crippen LogP contribution in [0.25, 0.3) is 16.6 Å². The van der Waals surface area contributed by atoms with Gasteiger partial charge in [-0.1, -0.05) is 30.4 Å². The highest BCUT2D eigenvalue weighted by atomic mass is 32.1. The summed E-state index contributed by atoms with van der Waals surface area (Å²) in [5, 5.41) is 0.685. The molecule has 0 unspecified atom stereocenters. The van der Waals surface area contributed by atoms with Crippen LogP contribution in [0.15, 0.2) is 48.5 Å². The summed E-state index contributed by atoms with van der Waals surface area (Å²) in [6.07, 6.45) is -0.300. The Morgan fingerprint density at radius 2 is 1.79 bits per heavy atom. The molecule has 0 aliphatic rings. The van der Waals surface area contributed by atoms with Gasteiger partial charge in [-0.3, -0.25) is 0 Å². The summed E-state index contributed by atoms with van der Waals surface area (Å²) >= 11 is 1.43. The molecule has 0 aliphatic heterocycles. The second kappa shape index (κ2) is 8.19. The lowest BCUT2D eigenvalue weighted by Crippen LogP contribution is -2.03. The van der Waals surface area contributed by atoms with Gasteiger partial charge in [-0.05, 0) is 56.2 Å². The zero-order valence-corrected chi connectivity index (χ0v) is 16.6. The van der Waals surface area contributed by atoms with Crippen LogP contribution < -0.4 is 4.74 Å². The average Bonchev–Trinajstić information content (AvgIpc) is 3.02. The molecule has 0 fully saturated rings. The van der Waals surface area contributed by atoms with E-state index in [1.54, 1.807) is 0 Å². The Morgan fingerprint density at radius 3 is 2.39 bits per heavy atom. The van der Waals surface area contributed by atoms with E-state index in [2.05, 4.69) is 4.98 Å². The molecule has 2 nitrogen and oxygen atoms in total. The first-order chi connectivity index (χ1) is 13.3. The van der Waals surface area contributed by atoms with Gasteiger partial charge in [-0.15, -0.1) is 11.3 Å². The SMILES string of the molecule is C/C=C/c1ccc(OCc2sc(-c3ccc(C(F)(F)F)cc3)nc2C)cc1C. The summed E-state index contributed by atoms with van der Waals surface area (Å²) in [4.78, 5) is 5.44. The lowest BCUT2D eigenvalue weighted by atomic mass is 10.1. The Hall–Kier alpha value is -2.60. The highest BCUT2D eigenvalue weighted by Crippen LogP contribution is 2.33. The van der Waals surface area contributed by atoms with E-state index < -0.39 is 11.7 Å². The number of halogens is 3. The van der Waals surface area contributed by atoms with Gasteiger partial charge in [-0.25, -0.2) is 4.98 Å². The van der Waals surface area contributed by atoms with Gasteiger partial charge in [0.1, 0.15) is 17.4 Å². The Labute approximate surface area is 166 Å². The van der Waals surface area contributed by atoms with Crippen molar-refractivity contribution in [2.45, 2.75) is 33.6 Å². The fraction of sp³-hybridized carbons (Fsp3) is 0.227. The quantitative estimate of drug-likeness (QED) is 0.455. The minimum atomic E-state index is -4.34. The molecule has 0 amide bonds. The van der Waals surface area contributed by atoms with Crippen LogP contribution in [0.3, 0.4) is 0 Å². The maximum absolute atomic E-state index is 12.7. The predicted molar refractivity (Wildman–Crippen MR) is 108 cm³/mol. The lowest BCUT2D eigenvalue weighted by Gasteiger charge is -2.08. The molecule has 1 aromatic heterocycles. The van der Waals surface area contributed by atoms with Crippen molar-refractivity contribution >= 4 is 17.4 Å². The Balaban J connectivity index is 1.73. The summed E-state index contributed by atoms with van der Waals surface area (Å²) in [5.41, 5.74) is 3.10. The first-order valence-electron chi connectivity index (χ1n) is 8.78. The second-order valence-electron chi connectivity index (χ2n) is 6.41. The van der Waals surface area contributed by atoms with E-state index in [0.717, 1.165) is 39.6 Å². The van der Waals surface area contributed by atoms with Crippen molar-refractivity contribution < 1.29 is 17.9 Å². The molecule has 3 rings (SSSR count). The maximum atomic E-state index is 12.7. The largest absolute Gasteiger partial charge is 0.488 e. The molecular weight excluding hydrogens is 383 g/mol. The van der Waals surface area contributed by atoms with Gasteiger partial charge in [0.05, 0.1) is 16.1 Å². The van der Waals surface area contributed by atoms with E-state index in [1.165, 1.54) is 23.5 Å². The van der Waals surface area contributed by atoms with E-state index in [-0.39, 0.29) is 0 Å². The molecule has 28 heavy (non-hydrogen) atoms. The number of benzene rings is 2. The van der Waals surface area contributed by atoms with Crippen molar-refractivity contribution in [3.63, 3.8) is 0 Å². The fourth-order valence-electron chi connectivity index (χ4n) is 2.74. The molecule has 2 aromatic carbocycles. The molecule has 6 heteroatoms. The Bertz CT molecular complexity index is 988. The maximum Gasteiger partial charge on any atom is 0.416 e. The van der Waals surface area contributed by atoms with Crippen LogP contribution in [-0.2, 0) is 12.8 Å². The van der Waals surface area contributed by atoms with Gasteiger partial charge in [0.25, 0.3) is 0 Å². The number of thiazole rings is 1. The first kappa shape index (κ1) is 20.1. The molecule has 0 spiro atoms. The molecule has 0 radical (unpaired) electrons. The van der Waals surface area contributed by atoms with Crippen molar-refractivity contribution in [2.75, 3.05) is 0 Å². The third kappa shape index (κ3) is 4.62. The highest BCUT2D eigenvalue weighted by molar-refractivity contribution is 7.15. The van der Waals surface area contributed by atoms with Gasteiger partial charge in [0.15, 0.2) is 0 Å².